The van der Waals surface area contributed by atoms with Crippen LogP contribution in [0.1, 0.15) is 303 Å². The molecule has 0 aromatic rings. The van der Waals surface area contributed by atoms with Gasteiger partial charge in [-0.2, -0.15) is 0 Å². The highest BCUT2D eigenvalue weighted by atomic mass is 16.5. The summed E-state index contributed by atoms with van der Waals surface area (Å²) >= 11 is 0. The van der Waals surface area contributed by atoms with E-state index in [2.05, 4.69) is 38.2 Å². The Morgan fingerprint density at radius 1 is 0.459 bits per heavy atom. The van der Waals surface area contributed by atoms with Gasteiger partial charge in [-0.05, 0) is 51.4 Å². The van der Waals surface area contributed by atoms with Crippen molar-refractivity contribution in [3.05, 3.63) is 12.2 Å². The van der Waals surface area contributed by atoms with Gasteiger partial charge < -0.3 is 20.3 Å². The van der Waals surface area contributed by atoms with Crippen molar-refractivity contribution >= 4 is 11.9 Å². The van der Waals surface area contributed by atoms with Crippen LogP contribution in [0.25, 0.3) is 0 Å². The minimum atomic E-state index is -0.784. The Hall–Kier alpha value is -1.40. The molecule has 0 saturated heterocycles. The van der Waals surface area contributed by atoms with Gasteiger partial charge in [-0.25, -0.2) is 0 Å². The van der Waals surface area contributed by atoms with Crippen LogP contribution in [0.3, 0.4) is 0 Å². The number of allylic oxidation sites excluding steroid dienone is 2. The second kappa shape index (κ2) is 49.6. The van der Waals surface area contributed by atoms with Crippen LogP contribution in [0.2, 0.25) is 0 Å². The van der Waals surface area contributed by atoms with Crippen molar-refractivity contribution in [2.45, 2.75) is 322 Å². The molecular weight excluding hydrogens is 755 g/mol. The summed E-state index contributed by atoms with van der Waals surface area (Å²) in [4.78, 5) is 26.2. The molecule has 3 unspecified atom stereocenters. The van der Waals surface area contributed by atoms with Crippen molar-refractivity contribution in [2.75, 3.05) is 6.61 Å². The van der Waals surface area contributed by atoms with E-state index in [0.29, 0.717) is 19.3 Å². The first kappa shape index (κ1) is 59.6. The Balaban J connectivity index is 4.54. The lowest BCUT2D eigenvalue weighted by Gasteiger charge is -2.24. The number of hydrogen-bond acceptors (Lipinski definition) is 5. The van der Waals surface area contributed by atoms with E-state index in [0.717, 1.165) is 51.4 Å². The topological polar surface area (TPSA) is 95.9 Å². The number of ether oxygens (including phenoxy) is 1. The quantitative estimate of drug-likeness (QED) is 0.0322. The fourth-order valence-corrected chi connectivity index (χ4v) is 8.66. The lowest BCUT2D eigenvalue weighted by atomic mass is 10.0. The van der Waals surface area contributed by atoms with Crippen molar-refractivity contribution in [2.24, 2.45) is 0 Å². The first-order chi connectivity index (χ1) is 30.0. The van der Waals surface area contributed by atoms with Gasteiger partial charge in [0.1, 0.15) is 6.10 Å². The number of unbranched alkanes of at least 4 members (excludes halogenated alkanes) is 36. The molecule has 6 heteroatoms. The van der Waals surface area contributed by atoms with E-state index in [-0.39, 0.29) is 24.9 Å². The average molecular weight is 862 g/mol. The largest absolute Gasteiger partial charge is 0.462 e. The Morgan fingerprint density at radius 3 is 1.16 bits per heavy atom. The standard InChI is InChI=1S/C55H107NO5/c1-4-7-10-13-16-19-22-25-26-27-28-30-31-34-37-40-43-46-51(61-55(60)48-45-42-39-36-33-29-23-20-17-14-11-8-5-2)49-54(59)56-52(50-57)53(58)47-44-41-38-35-32-24-21-18-15-12-9-6-3/h29,33,51-53,57-58H,4-28,30-32,34-50H2,1-3H3,(H,56,59)/b33-29-. The number of aliphatic hydroxyl groups is 2. The van der Waals surface area contributed by atoms with Crippen molar-refractivity contribution in [1.29, 1.82) is 0 Å². The monoisotopic (exact) mass is 862 g/mol. The van der Waals surface area contributed by atoms with Gasteiger partial charge in [-0.3, -0.25) is 9.59 Å². The van der Waals surface area contributed by atoms with Crippen molar-refractivity contribution < 1.29 is 24.5 Å². The third kappa shape index (κ3) is 45.0. The van der Waals surface area contributed by atoms with E-state index in [1.165, 1.54) is 205 Å². The minimum absolute atomic E-state index is 0.0792. The molecule has 0 fully saturated rings. The zero-order chi connectivity index (χ0) is 44.5. The zero-order valence-electron chi connectivity index (χ0n) is 41.3. The summed E-state index contributed by atoms with van der Waals surface area (Å²) in [5.74, 6) is -0.473. The van der Waals surface area contributed by atoms with Gasteiger partial charge in [0, 0.05) is 6.42 Å². The molecule has 0 radical (unpaired) electrons. The smallest absolute Gasteiger partial charge is 0.306 e. The van der Waals surface area contributed by atoms with Gasteiger partial charge >= 0.3 is 5.97 Å². The van der Waals surface area contributed by atoms with Crippen LogP contribution in [-0.2, 0) is 14.3 Å². The molecule has 1 amide bonds. The van der Waals surface area contributed by atoms with Crippen LogP contribution >= 0.6 is 0 Å². The van der Waals surface area contributed by atoms with Crippen LogP contribution in [-0.4, -0.2) is 46.9 Å². The molecule has 61 heavy (non-hydrogen) atoms. The molecule has 0 aliphatic carbocycles. The number of carbonyl (C=O) groups excluding carboxylic acids is 2. The summed E-state index contributed by atoms with van der Waals surface area (Å²) in [5, 5.41) is 23.8. The molecule has 362 valence electrons. The van der Waals surface area contributed by atoms with Gasteiger partial charge in [-0.1, -0.05) is 251 Å². The summed E-state index contributed by atoms with van der Waals surface area (Å²) in [5.41, 5.74) is 0. The Labute approximate surface area is 380 Å². The third-order valence-corrected chi connectivity index (χ3v) is 12.8. The Bertz CT molecular complexity index is 924. The molecule has 3 atom stereocenters. The van der Waals surface area contributed by atoms with E-state index in [9.17, 15) is 19.8 Å². The average Bonchev–Trinajstić information content (AvgIpc) is 3.25. The SMILES string of the molecule is CCCCCCCC/C=C\CCCCCC(=O)OC(CCCCCCCCCCCCCCCCCCC)CC(=O)NC(CO)C(O)CCCCCCCCCCCCCC. The molecule has 0 heterocycles. The molecule has 3 N–H and O–H groups in total. The van der Waals surface area contributed by atoms with E-state index < -0.39 is 18.2 Å². The number of esters is 1. The second-order valence-electron chi connectivity index (χ2n) is 19.0. The highest BCUT2D eigenvalue weighted by molar-refractivity contribution is 5.77. The van der Waals surface area contributed by atoms with E-state index in [4.69, 9.17) is 4.74 Å². The molecule has 0 spiro atoms. The van der Waals surface area contributed by atoms with Gasteiger partial charge in [-0.15, -0.1) is 0 Å². The van der Waals surface area contributed by atoms with Crippen LogP contribution in [0, 0.1) is 0 Å². The van der Waals surface area contributed by atoms with Crippen LogP contribution in [0.5, 0.6) is 0 Å². The molecule has 0 saturated carbocycles. The van der Waals surface area contributed by atoms with Gasteiger partial charge in [0.05, 0.1) is 25.2 Å². The Kier molecular flexibility index (Phi) is 48.5. The number of aliphatic hydroxyl groups excluding tert-OH is 2. The number of nitrogens with one attached hydrogen (secondary N) is 1. The van der Waals surface area contributed by atoms with Crippen molar-refractivity contribution in [3.63, 3.8) is 0 Å². The Morgan fingerprint density at radius 2 is 0.787 bits per heavy atom. The molecular formula is C55H107NO5. The fourth-order valence-electron chi connectivity index (χ4n) is 8.66. The normalized spacial score (nSPS) is 13.2. The summed E-state index contributed by atoms with van der Waals surface area (Å²) in [6.07, 6.45) is 55.6. The lowest BCUT2D eigenvalue weighted by Crippen LogP contribution is -2.46. The highest BCUT2D eigenvalue weighted by Gasteiger charge is 2.24. The summed E-state index contributed by atoms with van der Waals surface area (Å²) < 4.78 is 5.94. The lowest BCUT2D eigenvalue weighted by molar-refractivity contribution is -0.151. The van der Waals surface area contributed by atoms with E-state index in [1.807, 2.05) is 0 Å². The minimum Gasteiger partial charge on any atom is -0.462 e. The summed E-state index contributed by atoms with van der Waals surface area (Å²) in [7, 11) is 0. The van der Waals surface area contributed by atoms with Crippen LogP contribution in [0.4, 0.5) is 0 Å². The van der Waals surface area contributed by atoms with Crippen molar-refractivity contribution in [3.8, 4) is 0 Å². The zero-order valence-corrected chi connectivity index (χ0v) is 41.3. The van der Waals surface area contributed by atoms with Crippen LogP contribution in [0.15, 0.2) is 12.2 Å². The number of carbonyl (C=O) groups is 2. The molecule has 0 bridgehead atoms. The van der Waals surface area contributed by atoms with Crippen molar-refractivity contribution in [1.82, 2.24) is 5.32 Å². The first-order valence-corrected chi connectivity index (χ1v) is 27.4. The number of rotatable bonds is 50. The third-order valence-electron chi connectivity index (χ3n) is 12.8. The number of amides is 1. The second-order valence-corrected chi connectivity index (χ2v) is 19.0. The molecule has 0 aromatic heterocycles. The van der Waals surface area contributed by atoms with Gasteiger partial charge in [0.15, 0.2) is 0 Å². The summed E-state index contributed by atoms with van der Waals surface area (Å²) in [6.45, 7) is 6.50. The van der Waals surface area contributed by atoms with E-state index >= 15 is 0 Å². The maximum absolute atomic E-state index is 13.2. The maximum atomic E-state index is 13.2. The van der Waals surface area contributed by atoms with E-state index in [1.54, 1.807) is 0 Å². The molecule has 0 aliphatic heterocycles. The predicted molar refractivity (Wildman–Crippen MR) is 264 cm³/mol. The maximum Gasteiger partial charge on any atom is 0.306 e. The van der Waals surface area contributed by atoms with Gasteiger partial charge in [0.2, 0.25) is 5.91 Å². The van der Waals surface area contributed by atoms with Crippen LogP contribution < -0.4 is 5.32 Å². The fraction of sp³-hybridized carbons (Fsp3) is 0.927. The molecule has 6 nitrogen and oxygen atoms in total. The molecule has 0 aliphatic rings. The highest BCUT2D eigenvalue weighted by Crippen LogP contribution is 2.19. The van der Waals surface area contributed by atoms with Gasteiger partial charge in [0.25, 0.3) is 0 Å². The number of hydrogen-bond donors (Lipinski definition) is 3. The molecule has 0 aromatic carbocycles. The molecule has 0 rings (SSSR count). The summed E-state index contributed by atoms with van der Waals surface area (Å²) in [6, 6.07) is -0.697. The first-order valence-electron chi connectivity index (χ1n) is 27.4. The predicted octanol–water partition coefficient (Wildman–Crippen LogP) is 16.5.